The fourth-order valence-corrected chi connectivity index (χ4v) is 9.87. The van der Waals surface area contributed by atoms with Crippen molar-refractivity contribution in [1.29, 1.82) is 0 Å². The second-order valence-corrected chi connectivity index (χ2v) is 14.9. The van der Waals surface area contributed by atoms with Crippen LogP contribution in [0.5, 0.6) is 0 Å². The molecular weight excluding hydrogens is 512 g/mol. The van der Waals surface area contributed by atoms with Crippen molar-refractivity contribution in [2.75, 3.05) is 6.61 Å². The molecule has 232 valence electrons. The van der Waals surface area contributed by atoms with Gasteiger partial charge in [-0.2, -0.15) is 0 Å². The maximum Gasteiger partial charge on any atom is 0.330 e. The quantitative estimate of drug-likeness (QED) is 0.105. The molecule has 1 unspecified atom stereocenters. The molecule has 0 aliphatic heterocycles. The molecule has 41 heavy (non-hydrogen) atoms. The van der Waals surface area contributed by atoms with Crippen molar-refractivity contribution in [2.24, 2.45) is 46.3 Å². The van der Waals surface area contributed by atoms with E-state index in [2.05, 4.69) is 47.3 Å². The lowest BCUT2D eigenvalue weighted by Gasteiger charge is -2.60. The molecule has 4 rings (SSSR count). The van der Waals surface area contributed by atoms with Crippen molar-refractivity contribution >= 4 is 11.9 Å². The minimum Gasteiger partial charge on any atom is -0.463 e. The Kier molecular flexibility index (Phi) is 10.9. The molecule has 5 nitrogen and oxygen atoms in total. The SMILES string of the molecule is C=CC(=O)OCCCCCC(=O)OC1C[C@H](O)CC2=CC[C@H]3[C@@H]4CC[C@H]([C@H](C)CCCC(C)C)[C@@]4(C)CC[C@@H]3[C@]21C. The van der Waals surface area contributed by atoms with Gasteiger partial charge in [-0.15, -0.1) is 0 Å². The fraction of sp³-hybridized carbons (Fsp3) is 0.833. The molecule has 4 aliphatic rings. The third kappa shape index (κ3) is 6.97. The van der Waals surface area contributed by atoms with Crippen LogP contribution in [0.25, 0.3) is 0 Å². The number of allylic oxidation sites excluding steroid dienone is 1. The summed E-state index contributed by atoms with van der Waals surface area (Å²) in [6, 6.07) is 0. The summed E-state index contributed by atoms with van der Waals surface area (Å²) in [6.07, 6.45) is 17.1. The monoisotopic (exact) mass is 570 g/mol. The molecule has 1 N–H and O–H groups in total. The van der Waals surface area contributed by atoms with E-state index in [1.807, 2.05) is 0 Å². The Morgan fingerprint density at radius 3 is 2.59 bits per heavy atom. The van der Waals surface area contributed by atoms with Crippen LogP contribution >= 0.6 is 0 Å². The lowest BCUT2D eigenvalue weighted by atomic mass is 9.46. The third-order valence-corrected chi connectivity index (χ3v) is 12.1. The van der Waals surface area contributed by atoms with Gasteiger partial charge >= 0.3 is 11.9 Å². The largest absolute Gasteiger partial charge is 0.463 e. The molecule has 0 aromatic rings. The minimum atomic E-state index is -0.445. The number of aliphatic hydroxyl groups is 1. The van der Waals surface area contributed by atoms with E-state index in [0.717, 1.165) is 42.9 Å². The molecule has 0 saturated heterocycles. The smallest absolute Gasteiger partial charge is 0.330 e. The summed E-state index contributed by atoms with van der Waals surface area (Å²) in [5.74, 6) is 3.73. The Hall–Kier alpha value is -1.62. The first-order valence-corrected chi connectivity index (χ1v) is 16.9. The van der Waals surface area contributed by atoms with Crippen LogP contribution in [0.2, 0.25) is 0 Å². The first-order valence-electron chi connectivity index (χ1n) is 16.9. The fourth-order valence-electron chi connectivity index (χ4n) is 9.87. The van der Waals surface area contributed by atoms with Gasteiger partial charge in [0, 0.05) is 24.3 Å². The highest BCUT2D eigenvalue weighted by atomic mass is 16.5. The molecular formula is C36H58O5. The predicted molar refractivity (Wildman–Crippen MR) is 164 cm³/mol. The van der Waals surface area contributed by atoms with Crippen molar-refractivity contribution < 1.29 is 24.2 Å². The van der Waals surface area contributed by atoms with Gasteiger partial charge < -0.3 is 14.6 Å². The molecule has 0 aromatic carbocycles. The predicted octanol–water partition coefficient (Wildman–Crippen LogP) is 8.20. The Balaban J connectivity index is 1.40. The van der Waals surface area contributed by atoms with Gasteiger partial charge in [-0.1, -0.05) is 72.1 Å². The molecule has 0 heterocycles. The van der Waals surface area contributed by atoms with E-state index in [0.29, 0.717) is 49.5 Å². The van der Waals surface area contributed by atoms with E-state index in [-0.39, 0.29) is 17.5 Å². The lowest BCUT2D eigenvalue weighted by Crippen LogP contribution is -2.56. The van der Waals surface area contributed by atoms with Crippen LogP contribution in [0.1, 0.15) is 125 Å². The summed E-state index contributed by atoms with van der Waals surface area (Å²) in [5.41, 5.74) is 1.57. The zero-order chi connectivity index (χ0) is 29.8. The summed E-state index contributed by atoms with van der Waals surface area (Å²) in [7, 11) is 0. The normalized spacial score (nSPS) is 36.9. The highest BCUT2D eigenvalue weighted by Crippen LogP contribution is 2.67. The van der Waals surface area contributed by atoms with Crippen LogP contribution in [0.15, 0.2) is 24.3 Å². The number of fused-ring (bicyclic) bond motifs is 5. The van der Waals surface area contributed by atoms with Gasteiger partial charge in [0.2, 0.25) is 0 Å². The van der Waals surface area contributed by atoms with Crippen molar-refractivity contribution in [3.8, 4) is 0 Å². The van der Waals surface area contributed by atoms with E-state index in [9.17, 15) is 14.7 Å². The third-order valence-electron chi connectivity index (χ3n) is 12.1. The molecule has 0 amide bonds. The molecule has 0 spiro atoms. The van der Waals surface area contributed by atoms with Crippen molar-refractivity contribution in [3.63, 3.8) is 0 Å². The van der Waals surface area contributed by atoms with Crippen LogP contribution in [-0.2, 0) is 19.1 Å². The van der Waals surface area contributed by atoms with Crippen LogP contribution in [-0.4, -0.2) is 35.9 Å². The lowest BCUT2D eigenvalue weighted by molar-refractivity contribution is -0.169. The first kappa shape index (κ1) is 32.3. The van der Waals surface area contributed by atoms with Crippen LogP contribution in [0.4, 0.5) is 0 Å². The van der Waals surface area contributed by atoms with Crippen LogP contribution in [0, 0.1) is 46.3 Å². The van der Waals surface area contributed by atoms with Crippen molar-refractivity contribution in [3.05, 3.63) is 24.3 Å². The molecule has 5 heteroatoms. The minimum absolute atomic E-state index is 0.160. The zero-order valence-electron chi connectivity index (χ0n) is 26.7. The Bertz CT molecular complexity index is 954. The van der Waals surface area contributed by atoms with Crippen LogP contribution in [0.3, 0.4) is 0 Å². The molecule has 0 radical (unpaired) electrons. The number of esters is 2. The average Bonchev–Trinajstić information content (AvgIpc) is 3.28. The molecule has 0 bridgehead atoms. The maximum atomic E-state index is 13.0. The number of carbonyl (C=O) groups is 2. The highest BCUT2D eigenvalue weighted by Gasteiger charge is 2.61. The Labute approximate surface area is 249 Å². The second kappa shape index (κ2) is 13.8. The topological polar surface area (TPSA) is 72.8 Å². The number of hydrogen-bond acceptors (Lipinski definition) is 5. The number of unbranched alkanes of at least 4 members (excludes halogenated alkanes) is 2. The summed E-state index contributed by atoms with van der Waals surface area (Å²) < 4.78 is 11.3. The van der Waals surface area contributed by atoms with E-state index < -0.39 is 12.1 Å². The summed E-state index contributed by atoms with van der Waals surface area (Å²) in [5, 5.41) is 10.8. The summed E-state index contributed by atoms with van der Waals surface area (Å²) in [6.45, 7) is 15.9. The maximum absolute atomic E-state index is 13.0. The Morgan fingerprint density at radius 1 is 1.07 bits per heavy atom. The standard InChI is InChI=1S/C36H58O5/c1-7-33(38)40-21-10-8-9-14-34(39)41-32-23-27(37)22-26-15-16-28-30-18-17-29(25(4)13-11-12-24(2)3)35(30,5)20-19-31(28)36(26,32)6/h7,15,24-25,27-32,37H,1,8-14,16-23H2,2-6H3/t25-,27-,28+,29-,30+,31+,32?,35-,36+/m1/s1. The van der Waals surface area contributed by atoms with Gasteiger partial charge in [0.05, 0.1) is 12.7 Å². The molecule has 4 aliphatic carbocycles. The second-order valence-electron chi connectivity index (χ2n) is 14.9. The highest BCUT2D eigenvalue weighted by molar-refractivity contribution is 5.81. The summed E-state index contributed by atoms with van der Waals surface area (Å²) >= 11 is 0. The molecule has 0 aromatic heterocycles. The summed E-state index contributed by atoms with van der Waals surface area (Å²) in [4.78, 5) is 24.2. The number of carbonyl (C=O) groups excluding carboxylic acids is 2. The zero-order valence-corrected chi connectivity index (χ0v) is 26.7. The van der Waals surface area contributed by atoms with Gasteiger partial charge in [0.15, 0.2) is 0 Å². The van der Waals surface area contributed by atoms with E-state index in [1.54, 1.807) is 0 Å². The Morgan fingerprint density at radius 2 is 1.85 bits per heavy atom. The van der Waals surface area contributed by atoms with Gasteiger partial charge in [0.25, 0.3) is 0 Å². The number of aliphatic hydroxyl groups excluding tert-OH is 1. The molecule has 3 fully saturated rings. The average molecular weight is 571 g/mol. The molecule has 9 atom stereocenters. The van der Waals surface area contributed by atoms with E-state index in [1.165, 1.54) is 56.6 Å². The molecule has 3 saturated carbocycles. The van der Waals surface area contributed by atoms with Crippen molar-refractivity contribution in [1.82, 2.24) is 0 Å². The number of ether oxygens (including phenoxy) is 2. The van der Waals surface area contributed by atoms with Crippen LogP contribution < -0.4 is 0 Å². The number of rotatable bonds is 13. The number of hydrogen-bond donors (Lipinski definition) is 1. The van der Waals surface area contributed by atoms with E-state index in [4.69, 9.17) is 9.47 Å². The van der Waals surface area contributed by atoms with Gasteiger partial charge in [-0.3, -0.25) is 4.79 Å². The van der Waals surface area contributed by atoms with Gasteiger partial charge in [-0.05, 0) is 98.7 Å². The van der Waals surface area contributed by atoms with Gasteiger partial charge in [0.1, 0.15) is 6.10 Å². The van der Waals surface area contributed by atoms with E-state index >= 15 is 0 Å². The van der Waals surface area contributed by atoms with Gasteiger partial charge in [-0.25, -0.2) is 4.79 Å². The first-order chi connectivity index (χ1) is 19.5. The van der Waals surface area contributed by atoms with Crippen molar-refractivity contribution in [2.45, 2.75) is 137 Å².